The lowest BCUT2D eigenvalue weighted by molar-refractivity contribution is 0.127. The third-order valence-corrected chi connectivity index (χ3v) is 1.84. The predicted octanol–water partition coefficient (Wildman–Crippen LogP) is 1.18. The quantitative estimate of drug-likeness (QED) is 0.490. The number of ether oxygens (including phenoxy) is 1. The fourth-order valence-electron chi connectivity index (χ4n) is 1.29. The molecule has 0 bridgehead atoms. The molecule has 0 aromatic carbocycles. The zero-order valence-corrected chi connectivity index (χ0v) is 5.84. The van der Waals surface area contributed by atoms with Crippen molar-refractivity contribution in [3.8, 4) is 0 Å². The summed E-state index contributed by atoms with van der Waals surface area (Å²) in [7, 11) is 0. The van der Waals surface area contributed by atoms with E-state index in [2.05, 4.69) is 17.5 Å². The van der Waals surface area contributed by atoms with E-state index >= 15 is 0 Å². The van der Waals surface area contributed by atoms with Crippen molar-refractivity contribution in [2.45, 2.75) is 12.8 Å². The molecule has 0 saturated carbocycles. The van der Waals surface area contributed by atoms with Gasteiger partial charge in [0, 0.05) is 5.70 Å². The maximum Gasteiger partial charge on any atom is 0.138 e. The zero-order valence-electron chi connectivity index (χ0n) is 5.84. The van der Waals surface area contributed by atoms with E-state index in [4.69, 9.17) is 4.74 Å². The minimum atomic E-state index is 0.562. The number of rotatable bonds is 0. The van der Waals surface area contributed by atoms with E-state index in [1.165, 1.54) is 11.3 Å². The van der Waals surface area contributed by atoms with Crippen LogP contribution < -0.4 is 5.32 Å². The van der Waals surface area contributed by atoms with Crippen LogP contribution in [0.1, 0.15) is 12.8 Å². The maximum absolute atomic E-state index is 5.16. The van der Waals surface area contributed by atoms with Crippen LogP contribution in [0.3, 0.4) is 0 Å². The first kappa shape index (κ1) is 5.98. The molecule has 0 spiro atoms. The van der Waals surface area contributed by atoms with E-state index < -0.39 is 0 Å². The molecule has 0 aromatic rings. The van der Waals surface area contributed by atoms with Crippen molar-refractivity contribution in [3.63, 3.8) is 0 Å². The first-order valence-corrected chi connectivity index (χ1v) is 3.60. The lowest BCUT2D eigenvalue weighted by Crippen LogP contribution is -2.21. The van der Waals surface area contributed by atoms with Gasteiger partial charge in [-0.15, -0.1) is 0 Å². The molecule has 2 heteroatoms. The smallest absolute Gasteiger partial charge is 0.138 e. The molecule has 0 N–H and O–H groups in total. The van der Waals surface area contributed by atoms with Crippen molar-refractivity contribution in [2.75, 3.05) is 13.3 Å². The van der Waals surface area contributed by atoms with Crippen LogP contribution in [0.15, 0.2) is 23.4 Å². The Morgan fingerprint density at radius 1 is 1.50 bits per heavy atom. The van der Waals surface area contributed by atoms with Crippen molar-refractivity contribution in [1.82, 2.24) is 5.32 Å². The highest BCUT2D eigenvalue weighted by atomic mass is 16.5. The Morgan fingerprint density at radius 3 is 3.40 bits per heavy atom. The topological polar surface area (TPSA) is 23.3 Å². The Balaban J connectivity index is 2.23. The molecule has 2 rings (SSSR count). The molecule has 1 radical (unpaired) electrons. The molecule has 0 unspecified atom stereocenters. The Hall–Kier alpha value is -0.760. The third kappa shape index (κ3) is 0.948. The molecule has 1 heterocycles. The molecule has 2 nitrogen and oxygen atoms in total. The van der Waals surface area contributed by atoms with Gasteiger partial charge in [0.2, 0.25) is 0 Å². The minimum Gasteiger partial charge on any atom is -0.355 e. The van der Waals surface area contributed by atoms with Gasteiger partial charge in [-0.2, -0.15) is 0 Å². The summed E-state index contributed by atoms with van der Waals surface area (Å²) in [5.74, 6) is 0. The monoisotopic (exact) mass is 136 g/mol. The second-order valence-electron chi connectivity index (χ2n) is 2.55. The minimum absolute atomic E-state index is 0.562. The Kier molecular flexibility index (Phi) is 1.47. The van der Waals surface area contributed by atoms with Gasteiger partial charge in [-0.25, -0.2) is 0 Å². The van der Waals surface area contributed by atoms with Crippen molar-refractivity contribution in [1.29, 1.82) is 0 Å². The Bertz CT molecular complexity index is 193. The normalized spacial score (nSPS) is 24.0. The van der Waals surface area contributed by atoms with Crippen LogP contribution in [0.25, 0.3) is 0 Å². The number of allylic oxidation sites excluding steroid dienone is 2. The summed E-state index contributed by atoms with van der Waals surface area (Å²) in [5.41, 5.74) is 2.53. The van der Waals surface area contributed by atoms with Gasteiger partial charge in [0.25, 0.3) is 0 Å². The summed E-state index contributed by atoms with van der Waals surface area (Å²) in [5, 5.41) is 4.26. The summed E-state index contributed by atoms with van der Waals surface area (Å²) in [4.78, 5) is 0. The molecular weight excluding hydrogens is 126 g/mol. The standard InChI is InChI=1S/C8H10NO/c1-2-4-8-7(3-1)5-10-6-9-8/h1,3H,2,4-6H2. The fraction of sp³-hybridized carbons (Fsp3) is 0.500. The second-order valence-corrected chi connectivity index (χ2v) is 2.55. The molecule has 0 aromatic heterocycles. The van der Waals surface area contributed by atoms with Crippen molar-refractivity contribution >= 4 is 0 Å². The third-order valence-electron chi connectivity index (χ3n) is 1.84. The van der Waals surface area contributed by atoms with Gasteiger partial charge in [0.15, 0.2) is 0 Å². The van der Waals surface area contributed by atoms with E-state index in [9.17, 15) is 0 Å². The number of hydrogen-bond acceptors (Lipinski definition) is 1. The molecule has 1 aliphatic heterocycles. The van der Waals surface area contributed by atoms with Crippen LogP contribution in [0.5, 0.6) is 0 Å². The zero-order chi connectivity index (χ0) is 6.81. The van der Waals surface area contributed by atoms with Gasteiger partial charge in [0.05, 0.1) is 6.61 Å². The highest BCUT2D eigenvalue weighted by Gasteiger charge is 2.12. The maximum atomic E-state index is 5.16. The summed E-state index contributed by atoms with van der Waals surface area (Å²) in [6.07, 6.45) is 6.56. The Labute approximate surface area is 60.6 Å². The van der Waals surface area contributed by atoms with E-state index in [0.717, 1.165) is 19.4 Å². The van der Waals surface area contributed by atoms with Crippen LogP contribution in [0, 0.1) is 0 Å². The van der Waals surface area contributed by atoms with Gasteiger partial charge in [-0.05, 0) is 18.4 Å². The molecule has 1 aliphatic carbocycles. The lowest BCUT2D eigenvalue weighted by atomic mass is 10.0. The first-order valence-electron chi connectivity index (χ1n) is 3.60. The van der Waals surface area contributed by atoms with Crippen LogP contribution in [-0.2, 0) is 4.74 Å². The van der Waals surface area contributed by atoms with E-state index in [1.807, 2.05) is 0 Å². The fourth-order valence-corrected chi connectivity index (χ4v) is 1.29. The molecule has 53 valence electrons. The van der Waals surface area contributed by atoms with E-state index in [0.29, 0.717) is 6.73 Å². The first-order chi connectivity index (χ1) is 4.97. The van der Waals surface area contributed by atoms with Crippen LogP contribution in [-0.4, -0.2) is 13.3 Å². The molecule has 0 atom stereocenters. The van der Waals surface area contributed by atoms with Gasteiger partial charge < -0.3 is 4.74 Å². The van der Waals surface area contributed by atoms with Gasteiger partial charge in [-0.3, -0.25) is 5.32 Å². The summed E-state index contributed by atoms with van der Waals surface area (Å²) < 4.78 is 5.16. The predicted molar refractivity (Wildman–Crippen MR) is 38.4 cm³/mol. The number of hydrogen-bond donors (Lipinski definition) is 0. The van der Waals surface area contributed by atoms with Crippen molar-refractivity contribution in [3.05, 3.63) is 23.4 Å². The van der Waals surface area contributed by atoms with Crippen LogP contribution >= 0.6 is 0 Å². The second kappa shape index (κ2) is 2.46. The highest BCUT2D eigenvalue weighted by Crippen LogP contribution is 2.19. The molecule has 0 saturated heterocycles. The summed E-state index contributed by atoms with van der Waals surface area (Å²) >= 11 is 0. The van der Waals surface area contributed by atoms with Crippen molar-refractivity contribution in [2.24, 2.45) is 0 Å². The molecule has 0 amide bonds. The average molecular weight is 136 g/mol. The van der Waals surface area contributed by atoms with Crippen molar-refractivity contribution < 1.29 is 4.74 Å². The summed E-state index contributed by atoms with van der Waals surface area (Å²) in [6.45, 7) is 1.32. The van der Waals surface area contributed by atoms with Crippen LogP contribution in [0.2, 0.25) is 0 Å². The van der Waals surface area contributed by atoms with E-state index in [1.54, 1.807) is 0 Å². The Morgan fingerprint density at radius 2 is 2.50 bits per heavy atom. The molecular formula is C8H10NO. The van der Waals surface area contributed by atoms with Gasteiger partial charge >= 0.3 is 0 Å². The SMILES string of the molecule is C1=CC2=C(CC1)[N]COC2. The highest BCUT2D eigenvalue weighted by molar-refractivity contribution is 5.29. The number of nitrogens with zero attached hydrogens (tertiary/aromatic N) is 1. The van der Waals surface area contributed by atoms with Gasteiger partial charge in [-0.1, -0.05) is 12.2 Å². The average Bonchev–Trinajstić information content (AvgIpc) is 2.05. The molecule has 2 aliphatic rings. The molecule has 0 fully saturated rings. The largest absolute Gasteiger partial charge is 0.355 e. The van der Waals surface area contributed by atoms with Crippen LogP contribution in [0.4, 0.5) is 0 Å². The van der Waals surface area contributed by atoms with Gasteiger partial charge in [0.1, 0.15) is 6.73 Å². The van der Waals surface area contributed by atoms with E-state index in [-0.39, 0.29) is 0 Å². The summed E-state index contributed by atoms with van der Waals surface area (Å²) in [6, 6.07) is 0. The lowest BCUT2D eigenvalue weighted by Gasteiger charge is -2.20. The molecule has 10 heavy (non-hydrogen) atoms.